The molecule has 0 aliphatic carbocycles. The van der Waals surface area contributed by atoms with E-state index in [4.69, 9.17) is 21.1 Å². The molecule has 2 atom stereocenters. The first kappa shape index (κ1) is 21.0. The fraction of sp³-hybridized carbons (Fsp3) is 0.364. The molecule has 2 aromatic rings. The van der Waals surface area contributed by atoms with Crippen LogP contribution in [0.2, 0.25) is 5.02 Å². The number of ether oxygens (including phenoxy) is 2. The van der Waals surface area contributed by atoms with Crippen molar-refractivity contribution in [1.29, 1.82) is 0 Å². The van der Waals surface area contributed by atoms with Gasteiger partial charge in [0.25, 0.3) is 0 Å². The van der Waals surface area contributed by atoms with Crippen molar-refractivity contribution in [1.82, 2.24) is 4.90 Å². The number of carboxylic acids is 1. The number of carboxylic acid groups (broad SMARTS) is 1. The smallest absolute Gasteiger partial charge is 0.411 e. The van der Waals surface area contributed by atoms with Crippen LogP contribution in [0.1, 0.15) is 27.2 Å². The Morgan fingerprint density at radius 1 is 1.10 bits per heavy atom. The molecule has 154 valence electrons. The van der Waals surface area contributed by atoms with E-state index in [1.165, 1.54) is 4.90 Å². The Balaban J connectivity index is 1.73. The molecule has 1 N–H and O–H groups in total. The summed E-state index contributed by atoms with van der Waals surface area (Å²) < 4.78 is 11.3. The lowest BCUT2D eigenvalue weighted by molar-refractivity contribution is -0.142. The standard InChI is InChI=1S/C22H24ClNO5/c1-22(2,3)29-21(27)24-13-16(12-18(24)20(25)26)28-19-10-9-15(11-17(19)23)14-7-5-4-6-8-14/h4-11,16,18H,12-13H2,1-3H3,(H,25,26)/t16-,18-/m1/s1. The zero-order chi connectivity index (χ0) is 21.2. The van der Waals surface area contributed by atoms with E-state index in [1.807, 2.05) is 42.5 Å². The van der Waals surface area contributed by atoms with E-state index in [0.29, 0.717) is 10.8 Å². The van der Waals surface area contributed by atoms with Gasteiger partial charge < -0.3 is 14.6 Å². The molecule has 0 saturated carbocycles. The Labute approximate surface area is 175 Å². The SMILES string of the molecule is CC(C)(C)OC(=O)N1C[C@H](Oc2ccc(-c3ccccc3)cc2Cl)C[C@@H]1C(=O)O. The van der Waals surface area contributed by atoms with E-state index in [1.54, 1.807) is 26.8 Å². The summed E-state index contributed by atoms with van der Waals surface area (Å²) >= 11 is 6.40. The second-order valence-corrected chi connectivity index (χ2v) is 8.38. The van der Waals surface area contributed by atoms with Gasteiger partial charge in [-0.3, -0.25) is 4.90 Å². The van der Waals surface area contributed by atoms with Gasteiger partial charge in [-0.2, -0.15) is 0 Å². The molecule has 2 aromatic carbocycles. The van der Waals surface area contributed by atoms with Crippen LogP contribution in [0, 0.1) is 0 Å². The minimum absolute atomic E-state index is 0.114. The molecular formula is C22H24ClNO5. The number of rotatable bonds is 4. The highest BCUT2D eigenvalue weighted by molar-refractivity contribution is 6.32. The molecule has 1 aliphatic heterocycles. The molecular weight excluding hydrogens is 394 g/mol. The molecule has 29 heavy (non-hydrogen) atoms. The van der Waals surface area contributed by atoms with Crippen molar-refractivity contribution < 1.29 is 24.2 Å². The van der Waals surface area contributed by atoms with Crippen molar-refractivity contribution in [3.05, 3.63) is 53.6 Å². The zero-order valence-corrected chi connectivity index (χ0v) is 17.3. The highest BCUT2D eigenvalue weighted by atomic mass is 35.5. The van der Waals surface area contributed by atoms with Crippen LogP contribution in [0.25, 0.3) is 11.1 Å². The normalized spacial score (nSPS) is 19.1. The number of likely N-dealkylation sites (tertiary alicyclic amines) is 1. The van der Waals surface area contributed by atoms with Gasteiger partial charge in [0.2, 0.25) is 0 Å². The van der Waals surface area contributed by atoms with Crippen LogP contribution in [0.5, 0.6) is 5.75 Å². The fourth-order valence-electron chi connectivity index (χ4n) is 3.23. The molecule has 1 amide bonds. The summed E-state index contributed by atoms with van der Waals surface area (Å²) in [6, 6.07) is 14.3. The lowest BCUT2D eigenvalue weighted by Crippen LogP contribution is -2.43. The van der Waals surface area contributed by atoms with Crippen molar-refractivity contribution >= 4 is 23.7 Å². The van der Waals surface area contributed by atoms with Crippen LogP contribution in [0.4, 0.5) is 4.79 Å². The number of nitrogens with zero attached hydrogens (tertiary/aromatic N) is 1. The maximum atomic E-state index is 12.4. The third kappa shape index (κ3) is 5.21. The predicted molar refractivity (Wildman–Crippen MR) is 110 cm³/mol. The number of halogens is 1. The third-order valence-corrected chi connectivity index (χ3v) is 4.80. The van der Waals surface area contributed by atoms with Crippen molar-refractivity contribution in [2.75, 3.05) is 6.54 Å². The van der Waals surface area contributed by atoms with Crippen LogP contribution < -0.4 is 4.74 Å². The Bertz CT molecular complexity index is 894. The first-order valence-corrected chi connectivity index (χ1v) is 9.76. The Kier molecular flexibility index (Phi) is 6.03. The summed E-state index contributed by atoms with van der Waals surface area (Å²) in [5, 5.41) is 9.93. The van der Waals surface area contributed by atoms with Gasteiger partial charge >= 0.3 is 12.1 Å². The molecule has 0 aromatic heterocycles. The number of hydrogen-bond donors (Lipinski definition) is 1. The van der Waals surface area contributed by atoms with E-state index < -0.39 is 29.8 Å². The largest absolute Gasteiger partial charge is 0.487 e. The lowest BCUT2D eigenvalue weighted by Gasteiger charge is -2.26. The molecule has 0 bridgehead atoms. The molecule has 0 radical (unpaired) electrons. The van der Waals surface area contributed by atoms with E-state index in [2.05, 4.69) is 0 Å². The Morgan fingerprint density at radius 2 is 1.79 bits per heavy atom. The molecule has 0 unspecified atom stereocenters. The lowest BCUT2D eigenvalue weighted by atomic mass is 10.1. The number of hydrogen-bond acceptors (Lipinski definition) is 4. The summed E-state index contributed by atoms with van der Waals surface area (Å²) in [5.41, 5.74) is 1.27. The van der Waals surface area contributed by atoms with E-state index in [9.17, 15) is 14.7 Å². The second kappa shape index (κ2) is 8.33. The average Bonchev–Trinajstić information content (AvgIpc) is 3.07. The van der Waals surface area contributed by atoms with Gasteiger partial charge in [0.05, 0.1) is 11.6 Å². The van der Waals surface area contributed by atoms with Crippen LogP contribution in [0.15, 0.2) is 48.5 Å². The summed E-state index contributed by atoms with van der Waals surface area (Å²) in [5.74, 6) is -0.640. The Hall–Kier alpha value is -2.73. The van der Waals surface area contributed by atoms with Crippen molar-refractivity contribution in [2.45, 2.75) is 44.9 Å². The summed E-state index contributed by atoms with van der Waals surface area (Å²) in [4.78, 5) is 25.2. The third-order valence-electron chi connectivity index (χ3n) is 4.51. The predicted octanol–water partition coefficient (Wildman–Crippen LogP) is 4.85. The van der Waals surface area contributed by atoms with Crippen LogP contribution >= 0.6 is 11.6 Å². The molecule has 1 aliphatic rings. The fourth-order valence-corrected chi connectivity index (χ4v) is 3.45. The van der Waals surface area contributed by atoms with E-state index >= 15 is 0 Å². The highest BCUT2D eigenvalue weighted by Gasteiger charge is 2.42. The summed E-state index contributed by atoms with van der Waals surface area (Å²) in [6.45, 7) is 5.32. The summed E-state index contributed by atoms with van der Waals surface area (Å²) in [7, 11) is 0. The Morgan fingerprint density at radius 3 is 2.38 bits per heavy atom. The van der Waals surface area contributed by atoms with Crippen molar-refractivity contribution in [3.8, 4) is 16.9 Å². The van der Waals surface area contributed by atoms with Gasteiger partial charge in [-0.15, -0.1) is 0 Å². The first-order valence-electron chi connectivity index (χ1n) is 9.38. The number of benzene rings is 2. The molecule has 1 saturated heterocycles. The van der Waals surface area contributed by atoms with Gasteiger partial charge in [-0.1, -0.05) is 48.0 Å². The molecule has 1 fully saturated rings. The van der Waals surface area contributed by atoms with Crippen LogP contribution in [0.3, 0.4) is 0 Å². The van der Waals surface area contributed by atoms with E-state index in [0.717, 1.165) is 11.1 Å². The highest BCUT2D eigenvalue weighted by Crippen LogP contribution is 2.33. The number of carbonyl (C=O) groups excluding carboxylic acids is 1. The second-order valence-electron chi connectivity index (χ2n) is 7.97. The summed E-state index contributed by atoms with van der Waals surface area (Å²) in [6.07, 6.45) is -1.00. The van der Waals surface area contributed by atoms with Crippen molar-refractivity contribution in [2.24, 2.45) is 0 Å². The topological polar surface area (TPSA) is 76.1 Å². The monoisotopic (exact) mass is 417 g/mol. The molecule has 3 rings (SSSR count). The van der Waals surface area contributed by atoms with Gasteiger partial charge in [-0.05, 0) is 44.0 Å². The van der Waals surface area contributed by atoms with Gasteiger partial charge in [0.15, 0.2) is 0 Å². The minimum atomic E-state index is -1.09. The van der Waals surface area contributed by atoms with Gasteiger partial charge in [0.1, 0.15) is 23.5 Å². The maximum absolute atomic E-state index is 12.4. The average molecular weight is 418 g/mol. The molecule has 6 nitrogen and oxygen atoms in total. The molecule has 1 heterocycles. The van der Waals surface area contributed by atoms with Crippen molar-refractivity contribution in [3.63, 3.8) is 0 Å². The molecule has 0 spiro atoms. The minimum Gasteiger partial charge on any atom is -0.487 e. The molecule has 7 heteroatoms. The maximum Gasteiger partial charge on any atom is 0.411 e. The van der Waals surface area contributed by atoms with E-state index in [-0.39, 0.29) is 13.0 Å². The number of amides is 1. The number of aliphatic carboxylic acids is 1. The van der Waals surface area contributed by atoms with Gasteiger partial charge in [0, 0.05) is 6.42 Å². The van der Waals surface area contributed by atoms with Crippen LogP contribution in [-0.2, 0) is 9.53 Å². The van der Waals surface area contributed by atoms with Crippen LogP contribution in [-0.4, -0.2) is 46.4 Å². The van der Waals surface area contributed by atoms with Gasteiger partial charge in [-0.25, -0.2) is 9.59 Å². The quantitative estimate of drug-likeness (QED) is 0.769. The zero-order valence-electron chi connectivity index (χ0n) is 16.6. The first-order chi connectivity index (χ1) is 13.6. The number of carbonyl (C=O) groups is 2.